The maximum Gasteiger partial charge on any atom is 0.264 e. The summed E-state index contributed by atoms with van der Waals surface area (Å²) < 4.78 is 39.2. The molecule has 1 aliphatic heterocycles. The SMILES string of the molecule is Cc1ccc(S(=O)(=O)N(CC(=O)N[C@@H](C)c2ccc3c(c2)OCCO3)c2ccccc2Cl)cc1. The number of nitrogens with one attached hydrogen (secondary N) is 1. The fourth-order valence-corrected chi connectivity index (χ4v) is 5.35. The largest absolute Gasteiger partial charge is 0.486 e. The van der Waals surface area contributed by atoms with Gasteiger partial charge < -0.3 is 14.8 Å². The maximum absolute atomic E-state index is 13.5. The van der Waals surface area contributed by atoms with Gasteiger partial charge in [0.15, 0.2) is 11.5 Å². The van der Waals surface area contributed by atoms with Crippen molar-refractivity contribution >= 4 is 33.2 Å². The van der Waals surface area contributed by atoms with E-state index < -0.39 is 28.5 Å². The van der Waals surface area contributed by atoms with Crippen LogP contribution in [0.5, 0.6) is 11.5 Å². The lowest BCUT2D eigenvalue weighted by atomic mass is 10.1. The molecule has 0 aliphatic carbocycles. The molecule has 0 fully saturated rings. The van der Waals surface area contributed by atoms with Crippen LogP contribution in [-0.2, 0) is 14.8 Å². The van der Waals surface area contributed by atoms with E-state index in [9.17, 15) is 13.2 Å². The highest BCUT2D eigenvalue weighted by Gasteiger charge is 2.29. The summed E-state index contributed by atoms with van der Waals surface area (Å²) in [7, 11) is -4.05. The Balaban J connectivity index is 1.58. The van der Waals surface area contributed by atoms with Gasteiger partial charge in [0.25, 0.3) is 10.0 Å². The van der Waals surface area contributed by atoms with Crippen molar-refractivity contribution < 1.29 is 22.7 Å². The molecule has 0 aromatic heterocycles. The molecule has 7 nitrogen and oxygen atoms in total. The van der Waals surface area contributed by atoms with Crippen molar-refractivity contribution in [1.82, 2.24) is 5.32 Å². The zero-order chi connectivity index (χ0) is 24.3. The number of halogens is 1. The average molecular weight is 501 g/mol. The number of carbonyl (C=O) groups is 1. The summed E-state index contributed by atoms with van der Waals surface area (Å²) in [6, 6.07) is 18.1. The van der Waals surface area contributed by atoms with Gasteiger partial charge in [-0.3, -0.25) is 9.10 Å². The molecule has 3 aromatic carbocycles. The van der Waals surface area contributed by atoms with Crippen LogP contribution < -0.4 is 19.1 Å². The number of rotatable bonds is 7. The van der Waals surface area contributed by atoms with Crippen LogP contribution in [0.3, 0.4) is 0 Å². The normalized spacial score (nSPS) is 13.7. The molecule has 1 atom stereocenters. The van der Waals surface area contributed by atoms with Gasteiger partial charge in [-0.1, -0.05) is 47.5 Å². The van der Waals surface area contributed by atoms with Crippen LogP contribution in [0.1, 0.15) is 24.1 Å². The highest BCUT2D eigenvalue weighted by molar-refractivity contribution is 7.92. The zero-order valence-corrected chi connectivity index (χ0v) is 20.4. The molecular formula is C25H25ClN2O5S. The first kappa shape index (κ1) is 23.9. The van der Waals surface area contributed by atoms with Gasteiger partial charge in [0.05, 0.1) is 21.6 Å². The summed E-state index contributed by atoms with van der Waals surface area (Å²) in [6.07, 6.45) is 0. The smallest absolute Gasteiger partial charge is 0.264 e. The van der Waals surface area contributed by atoms with Gasteiger partial charge in [-0.15, -0.1) is 0 Å². The molecule has 1 amide bonds. The lowest BCUT2D eigenvalue weighted by molar-refractivity contribution is -0.120. The lowest BCUT2D eigenvalue weighted by Gasteiger charge is -2.26. The van der Waals surface area contributed by atoms with E-state index in [4.69, 9.17) is 21.1 Å². The molecule has 0 unspecified atom stereocenters. The van der Waals surface area contributed by atoms with E-state index in [2.05, 4.69) is 5.32 Å². The number of benzene rings is 3. The molecule has 1 aliphatic rings. The Labute approximate surface area is 204 Å². The Morgan fingerprint density at radius 1 is 1.03 bits per heavy atom. The van der Waals surface area contributed by atoms with Gasteiger partial charge >= 0.3 is 0 Å². The summed E-state index contributed by atoms with van der Waals surface area (Å²) in [4.78, 5) is 13.1. The molecule has 3 aromatic rings. The van der Waals surface area contributed by atoms with Crippen molar-refractivity contribution in [2.75, 3.05) is 24.1 Å². The number of sulfonamides is 1. The minimum Gasteiger partial charge on any atom is -0.486 e. The van der Waals surface area contributed by atoms with E-state index in [-0.39, 0.29) is 15.6 Å². The van der Waals surface area contributed by atoms with E-state index in [1.807, 2.05) is 26.0 Å². The third-order valence-electron chi connectivity index (χ3n) is 5.46. The van der Waals surface area contributed by atoms with E-state index >= 15 is 0 Å². The van der Waals surface area contributed by atoms with E-state index in [1.165, 1.54) is 12.1 Å². The molecule has 34 heavy (non-hydrogen) atoms. The molecule has 0 saturated heterocycles. The number of carbonyl (C=O) groups excluding carboxylic acids is 1. The highest BCUT2D eigenvalue weighted by Crippen LogP contribution is 2.33. The third kappa shape index (κ3) is 5.13. The fourth-order valence-electron chi connectivity index (χ4n) is 3.62. The van der Waals surface area contributed by atoms with Crippen LogP contribution in [0.15, 0.2) is 71.6 Å². The summed E-state index contributed by atoms with van der Waals surface area (Å²) in [5, 5.41) is 3.10. The maximum atomic E-state index is 13.5. The molecule has 0 radical (unpaired) electrons. The second-order valence-electron chi connectivity index (χ2n) is 7.97. The van der Waals surface area contributed by atoms with E-state index in [0.717, 1.165) is 15.4 Å². The average Bonchev–Trinajstić information content (AvgIpc) is 2.83. The number of nitrogens with zero attached hydrogens (tertiary/aromatic N) is 1. The van der Waals surface area contributed by atoms with Gasteiger partial charge in [-0.05, 0) is 55.8 Å². The van der Waals surface area contributed by atoms with Gasteiger partial charge in [0.2, 0.25) is 5.91 Å². The lowest BCUT2D eigenvalue weighted by Crippen LogP contribution is -2.41. The number of hydrogen-bond acceptors (Lipinski definition) is 5. The Kier molecular flexibility index (Phi) is 7.00. The Bertz CT molecular complexity index is 1290. The number of amides is 1. The molecule has 178 valence electrons. The molecule has 9 heteroatoms. The van der Waals surface area contributed by atoms with Crippen molar-refractivity contribution in [2.45, 2.75) is 24.8 Å². The first-order valence-electron chi connectivity index (χ1n) is 10.8. The monoisotopic (exact) mass is 500 g/mol. The van der Waals surface area contributed by atoms with Crippen LogP contribution in [0.25, 0.3) is 0 Å². The topological polar surface area (TPSA) is 84.9 Å². The number of fused-ring (bicyclic) bond motifs is 1. The predicted octanol–water partition coefficient (Wildman–Crippen LogP) is 4.49. The van der Waals surface area contributed by atoms with Gasteiger partial charge in [-0.25, -0.2) is 8.42 Å². The number of para-hydroxylation sites is 1. The molecule has 4 rings (SSSR count). The van der Waals surface area contributed by atoms with Gasteiger partial charge in [0, 0.05) is 0 Å². The Morgan fingerprint density at radius 3 is 2.41 bits per heavy atom. The molecule has 0 saturated carbocycles. The first-order valence-corrected chi connectivity index (χ1v) is 12.6. The van der Waals surface area contributed by atoms with E-state index in [1.54, 1.807) is 42.5 Å². The number of hydrogen-bond donors (Lipinski definition) is 1. The Morgan fingerprint density at radius 2 is 1.71 bits per heavy atom. The summed E-state index contributed by atoms with van der Waals surface area (Å²) in [5.74, 6) is 0.796. The second kappa shape index (κ2) is 9.95. The van der Waals surface area contributed by atoms with Crippen LogP contribution in [0.2, 0.25) is 5.02 Å². The predicted molar refractivity (Wildman–Crippen MR) is 131 cm³/mol. The summed E-state index contributed by atoms with van der Waals surface area (Å²) >= 11 is 6.33. The van der Waals surface area contributed by atoms with Crippen molar-refractivity contribution in [1.29, 1.82) is 0 Å². The number of anilines is 1. The zero-order valence-electron chi connectivity index (χ0n) is 18.8. The van der Waals surface area contributed by atoms with Crippen LogP contribution in [-0.4, -0.2) is 34.1 Å². The minimum atomic E-state index is -4.05. The molecule has 1 heterocycles. The molecule has 1 N–H and O–H groups in total. The quantitative estimate of drug-likeness (QED) is 0.516. The summed E-state index contributed by atoms with van der Waals surface area (Å²) in [6.45, 7) is 4.20. The van der Waals surface area contributed by atoms with Crippen LogP contribution in [0, 0.1) is 6.92 Å². The van der Waals surface area contributed by atoms with Crippen LogP contribution in [0.4, 0.5) is 5.69 Å². The van der Waals surface area contributed by atoms with Crippen molar-refractivity contribution in [3.8, 4) is 11.5 Å². The number of aryl methyl sites for hydroxylation is 1. The third-order valence-corrected chi connectivity index (χ3v) is 7.55. The van der Waals surface area contributed by atoms with Crippen molar-refractivity contribution in [3.05, 3.63) is 82.9 Å². The summed E-state index contributed by atoms with van der Waals surface area (Å²) in [5.41, 5.74) is 1.96. The first-order chi connectivity index (χ1) is 16.3. The van der Waals surface area contributed by atoms with Crippen LogP contribution >= 0.6 is 11.6 Å². The molecular weight excluding hydrogens is 476 g/mol. The number of ether oxygens (including phenoxy) is 2. The second-order valence-corrected chi connectivity index (χ2v) is 10.2. The fraction of sp³-hybridized carbons (Fsp3) is 0.240. The van der Waals surface area contributed by atoms with Crippen molar-refractivity contribution in [2.24, 2.45) is 0 Å². The molecule has 0 spiro atoms. The molecule has 0 bridgehead atoms. The standard InChI is InChI=1S/C25H25ClN2O5S/c1-17-7-10-20(11-8-17)34(30,31)28(22-6-4-3-5-21(22)26)16-25(29)27-18(2)19-9-12-23-24(15-19)33-14-13-32-23/h3-12,15,18H,13-14,16H2,1-2H3,(H,27,29)/t18-/m0/s1. The van der Waals surface area contributed by atoms with Gasteiger partial charge in [0.1, 0.15) is 19.8 Å². The van der Waals surface area contributed by atoms with Crippen molar-refractivity contribution in [3.63, 3.8) is 0 Å². The highest BCUT2D eigenvalue weighted by atomic mass is 35.5. The Hall–Kier alpha value is -3.23. The van der Waals surface area contributed by atoms with E-state index in [0.29, 0.717) is 24.7 Å². The minimum absolute atomic E-state index is 0.0747. The van der Waals surface area contributed by atoms with Gasteiger partial charge in [-0.2, -0.15) is 0 Å².